The van der Waals surface area contributed by atoms with Crippen molar-refractivity contribution in [3.63, 3.8) is 0 Å². The van der Waals surface area contributed by atoms with Gasteiger partial charge >= 0.3 is 0 Å². The Morgan fingerprint density at radius 3 is 2.73 bits per heavy atom. The molecule has 0 unspecified atom stereocenters. The second-order valence-electron chi connectivity index (χ2n) is 5.35. The molecule has 1 aliphatic rings. The fraction of sp³-hybridized carbons (Fsp3) is 0.500. The van der Waals surface area contributed by atoms with Gasteiger partial charge in [-0.15, -0.1) is 0 Å². The molecule has 1 aliphatic heterocycles. The van der Waals surface area contributed by atoms with Gasteiger partial charge in [-0.2, -0.15) is 0 Å². The third-order valence-corrected chi connectivity index (χ3v) is 3.92. The molecular weight excluding hydrogens is 300 g/mol. The van der Waals surface area contributed by atoms with Crippen LogP contribution < -0.4 is 10.6 Å². The maximum absolute atomic E-state index is 12.1. The first-order valence-electron chi connectivity index (χ1n) is 7.66. The van der Waals surface area contributed by atoms with E-state index in [1.807, 2.05) is 29.2 Å². The van der Waals surface area contributed by atoms with Crippen LogP contribution in [0.25, 0.3) is 0 Å². The van der Waals surface area contributed by atoms with Gasteiger partial charge in [-0.3, -0.25) is 9.79 Å². The highest BCUT2D eigenvalue weighted by atomic mass is 35.5. The van der Waals surface area contributed by atoms with Crippen LogP contribution in [0.5, 0.6) is 0 Å². The Balaban J connectivity index is 1.76. The Hall–Kier alpha value is -1.75. The highest BCUT2D eigenvalue weighted by Crippen LogP contribution is 2.10. The number of carbonyl (C=O) groups excluding carboxylic acids is 1. The van der Waals surface area contributed by atoms with E-state index in [2.05, 4.69) is 15.6 Å². The van der Waals surface area contributed by atoms with Crippen molar-refractivity contribution in [3.8, 4) is 0 Å². The number of amides is 1. The number of nitrogens with zero attached hydrogens (tertiary/aromatic N) is 2. The molecule has 1 aromatic carbocycles. The van der Waals surface area contributed by atoms with Crippen molar-refractivity contribution in [3.05, 3.63) is 34.9 Å². The van der Waals surface area contributed by atoms with Crippen molar-refractivity contribution >= 4 is 23.5 Å². The molecule has 6 heteroatoms. The Morgan fingerprint density at radius 1 is 1.27 bits per heavy atom. The molecule has 0 radical (unpaired) electrons. The summed E-state index contributed by atoms with van der Waals surface area (Å²) in [6.45, 7) is 2.62. The predicted molar refractivity (Wildman–Crippen MR) is 90.1 cm³/mol. The molecule has 1 saturated heterocycles. The summed E-state index contributed by atoms with van der Waals surface area (Å²) in [6.07, 6.45) is 3.43. The van der Waals surface area contributed by atoms with Crippen LogP contribution in [0, 0.1) is 0 Å². The van der Waals surface area contributed by atoms with Gasteiger partial charge in [0.25, 0.3) is 0 Å². The van der Waals surface area contributed by atoms with E-state index in [1.165, 1.54) is 6.42 Å². The van der Waals surface area contributed by atoms with Gasteiger partial charge in [0.2, 0.25) is 5.91 Å². The monoisotopic (exact) mass is 322 g/mol. The van der Waals surface area contributed by atoms with Gasteiger partial charge in [0.15, 0.2) is 5.96 Å². The molecule has 5 nitrogen and oxygen atoms in total. The second-order valence-corrected chi connectivity index (χ2v) is 5.79. The molecular formula is C16H23ClN4O. The lowest BCUT2D eigenvalue weighted by Gasteiger charge is -2.27. The normalized spacial score (nSPS) is 15.5. The van der Waals surface area contributed by atoms with Crippen molar-refractivity contribution < 1.29 is 4.79 Å². The average Bonchev–Trinajstić information content (AvgIpc) is 2.55. The summed E-state index contributed by atoms with van der Waals surface area (Å²) in [6, 6.07) is 7.65. The Labute approximate surface area is 136 Å². The maximum Gasteiger partial charge on any atom is 0.241 e. The molecule has 0 aliphatic carbocycles. The minimum atomic E-state index is 0.130. The van der Waals surface area contributed by atoms with E-state index in [4.69, 9.17) is 11.6 Å². The number of guanidine groups is 1. The number of nitrogens with one attached hydrogen (secondary N) is 2. The van der Waals surface area contributed by atoms with E-state index in [0.717, 1.165) is 31.5 Å². The smallest absolute Gasteiger partial charge is 0.241 e. The summed E-state index contributed by atoms with van der Waals surface area (Å²) in [5.74, 6) is 0.746. The SMILES string of the molecule is CN=C(NCC(=O)N1CCCCC1)NCc1cccc(Cl)c1. The zero-order chi connectivity index (χ0) is 15.8. The van der Waals surface area contributed by atoms with Gasteiger partial charge in [-0.1, -0.05) is 23.7 Å². The van der Waals surface area contributed by atoms with E-state index in [0.29, 0.717) is 17.5 Å². The van der Waals surface area contributed by atoms with Gasteiger partial charge in [0.1, 0.15) is 0 Å². The molecule has 0 atom stereocenters. The molecule has 1 amide bonds. The van der Waals surface area contributed by atoms with Gasteiger partial charge in [-0.25, -0.2) is 0 Å². The largest absolute Gasteiger partial charge is 0.352 e. The second kappa shape index (κ2) is 8.63. The Kier molecular flexibility index (Phi) is 6.52. The summed E-state index contributed by atoms with van der Waals surface area (Å²) in [5.41, 5.74) is 1.07. The number of carbonyl (C=O) groups is 1. The molecule has 2 N–H and O–H groups in total. The highest BCUT2D eigenvalue weighted by molar-refractivity contribution is 6.30. The van der Waals surface area contributed by atoms with Crippen molar-refractivity contribution in [2.75, 3.05) is 26.7 Å². The first kappa shape index (κ1) is 16.6. The molecule has 22 heavy (non-hydrogen) atoms. The van der Waals surface area contributed by atoms with Gasteiger partial charge in [-0.05, 0) is 37.0 Å². The Bertz CT molecular complexity index is 527. The number of hydrogen-bond acceptors (Lipinski definition) is 2. The number of hydrogen-bond donors (Lipinski definition) is 2. The Morgan fingerprint density at radius 2 is 2.05 bits per heavy atom. The highest BCUT2D eigenvalue weighted by Gasteiger charge is 2.16. The first-order chi connectivity index (χ1) is 10.7. The lowest BCUT2D eigenvalue weighted by Crippen LogP contribution is -2.45. The first-order valence-corrected chi connectivity index (χ1v) is 8.03. The predicted octanol–water partition coefficient (Wildman–Crippen LogP) is 2.02. The zero-order valence-electron chi connectivity index (χ0n) is 12.9. The van der Waals surface area contributed by atoms with E-state index in [-0.39, 0.29) is 12.5 Å². The molecule has 0 saturated carbocycles. The number of piperidine rings is 1. The van der Waals surface area contributed by atoms with E-state index in [1.54, 1.807) is 7.05 Å². The number of rotatable bonds is 4. The van der Waals surface area contributed by atoms with Crippen LogP contribution in [-0.2, 0) is 11.3 Å². The molecule has 0 bridgehead atoms. The van der Waals surface area contributed by atoms with E-state index in [9.17, 15) is 4.79 Å². The van der Waals surface area contributed by atoms with Crippen LogP contribution in [0.1, 0.15) is 24.8 Å². The number of halogens is 1. The molecule has 1 aromatic rings. The van der Waals surface area contributed by atoms with E-state index >= 15 is 0 Å². The van der Waals surface area contributed by atoms with Crippen LogP contribution in [0.2, 0.25) is 5.02 Å². The summed E-state index contributed by atoms with van der Waals surface area (Å²) >= 11 is 5.96. The lowest BCUT2D eigenvalue weighted by molar-refractivity contribution is -0.130. The topological polar surface area (TPSA) is 56.7 Å². The number of aliphatic imine (C=N–C) groups is 1. The fourth-order valence-electron chi connectivity index (χ4n) is 2.47. The lowest BCUT2D eigenvalue weighted by atomic mass is 10.1. The van der Waals surface area contributed by atoms with Crippen molar-refractivity contribution in [2.24, 2.45) is 4.99 Å². The van der Waals surface area contributed by atoms with Crippen molar-refractivity contribution in [1.29, 1.82) is 0 Å². The third kappa shape index (κ3) is 5.22. The molecule has 120 valence electrons. The van der Waals surface area contributed by atoms with Crippen molar-refractivity contribution in [2.45, 2.75) is 25.8 Å². The minimum Gasteiger partial charge on any atom is -0.352 e. The average molecular weight is 323 g/mol. The number of benzene rings is 1. The fourth-order valence-corrected chi connectivity index (χ4v) is 2.68. The molecule has 2 rings (SSSR count). The summed E-state index contributed by atoms with van der Waals surface area (Å²) in [4.78, 5) is 18.2. The zero-order valence-corrected chi connectivity index (χ0v) is 13.7. The maximum atomic E-state index is 12.1. The van der Waals surface area contributed by atoms with Crippen molar-refractivity contribution in [1.82, 2.24) is 15.5 Å². The van der Waals surface area contributed by atoms with Gasteiger partial charge in [0, 0.05) is 31.7 Å². The van der Waals surface area contributed by atoms with Crippen LogP contribution in [-0.4, -0.2) is 43.4 Å². The third-order valence-electron chi connectivity index (χ3n) is 3.69. The number of likely N-dealkylation sites (tertiary alicyclic amines) is 1. The minimum absolute atomic E-state index is 0.130. The quantitative estimate of drug-likeness (QED) is 0.658. The van der Waals surface area contributed by atoms with Gasteiger partial charge in [0.05, 0.1) is 6.54 Å². The molecule has 0 aromatic heterocycles. The summed E-state index contributed by atoms with van der Waals surface area (Å²) in [7, 11) is 1.69. The molecule has 1 heterocycles. The summed E-state index contributed by atoms with van der Waals surface area (Å²) in [5, 5.41) is 6.96. The van der Waals surface area contributed by atoms with Crippen LogP contribution in [0.15, 0.2) is 29.3 Å². The van der Waals surface area contributed by atoms with Gasteiger partial charge < -0.3 is 15.5 Å². The van der Waals surface area contributed by atoms with Crippen LogP contribution in [0.3, 0.4) is 0 Å². The van der Waals surface area contributed by atoms with Crippen LogP contribution >= 0.6 is 11.6 Å². The van der Waals surface area contributed by atoms with Crippen LogP contribution in [0.4, 0.5) is 0 Å². The standard InChI is InChI=1S/C16H23ClN4O/c1-18-16(19-11-13-6-5-7-14(17)10-13)20-12-15(22)21-8-3-2-4-9-21/h5-7,10H,2-4,8-9,11-12H2,1H3,(H2,18,19,20). The van der Waals surface area contributed by atoms with E-state index < -0.39 is 0 Å². The summed E-state index contributed by atoms with van der Waals surface area (Å²) < 4.78 is 0. The molecule has 1 fully saturated rings. The molecule has 0 spiro atoms.